The Morgan fingerprint density at radius 2 is 0.854 bits per heavy atom. The van der Waals surface area contributed by atoms with Crippen LogP contribution in [0.4, 0.5) is 0 Å². The monoisotopic (exact) mass is 575 g/mol. The van der Waals surface area contributed by atoms with Gasteiger partial charge in [0.05, 0.1) is 0 Å². The predicted molar refractivity (Wildman–Crippen MR) is 180 cm³/mol. The van der Waals surface area contributed by atoms with Gasteiger partial charge >= 0.3 is 0 Å². The second-order valence-electron chi connectivity index (χ2n) is 14.4. The highest BCUT2D eigenvalue weighted by molar-refractivity contribution is 5.18. The number of nitrogens with one attached hydrogen (secondary N) is 1. The fourth-order valence-corrected chi connectivity index (χ4v) is 8.36. The first-order valence-electron chi connectivity index (χ1n) is 19.2. The van der Waals surface area contributed by atoms with Gasteiger partial charge in [-0.25, -0.2) is 5.43 Å². The Kier molecular flexibility index (Phi) is 16.0. The van der Waals surface area contributed by atoms with E-state index in [9.17, 15) is 0 Å². The average Bonchev–Trinajstić information content (AvgIpc) is 3.85. The summed E-state index contributed by atoms with van der Waals surface area (Å²) in [7, 11) is 0. The fraction of sp³-hybridized carbons (Fsp3) is 1.00. The Hall–Kier alpha value is -0.160. The average molecular weight is 575 g/mol. The van der Waals surface area contributed by atoms with E-state index in [-0.39, 0.29) is 11.4 Å². The predicted octanol–water partition coefficient (Wildman–Crippen LogP) is 10.6. The molecule has 0 saturated carbocycles. The highest BCUT2D eigenvalue weighted by Crippen LogP contribution is 2.60. The van der Waals surface area contributed by atoms with Crippen molar-refractivity contribution in [2.75, 3.05) is 26.2 Å². The van der Waals surface area contributed by atoms with Gasteiger partial charge in [0.2, 0.25) is 0 Å². The maximum Gasteiger partial charge on any atom is 0.151 e. The molecule has 0 aliphatic carbocycles. The summed E-state index contributed by atoms with van der Waals surface area (Å²) in [4.78, 5) is 5.87. The van der Waals surface area contributed by atoms with E-state index < -0.39 is 0 Å². The maximum absolute atomic E-state index is 4.26. The SMILES string of the molecule is CCCCCCCC1(CCCCCCC)NN1C(N1CC1)(N1CC1)C(CC)(CCCCCCC)CCCCCCC. The van der Waals surface area contributed by atoms with Crippen LogP contribution in [0, 0.1) is 5.41 Å². The minimum Gasteiger partial charge on any atom is -0.269 e. The first kappa shape index (κ1) is 35.3. The van der Waals surface area contributed by atoms with Crippen molar-refractivity contribution in [1.82, 2.24) is 20.2 Å². The minimum absolute atomic E-state index is 0.101. The highest BCUT2D eigenvalue weighted by Gasteiger charge is 2.73. The summed E-state index contributed by atoms with van der Waals surface area (Å²) in [5.74, 6) is 0.101. The summed E-state index contributed by atoms with van der Waals surface area (Å²) >= 11 is 0. The summed E-state index contributed by atoms with van der Waals surface area (Å²) in [6.45, 7) is 17.2. The second-order valence-corrected chi connectivity index (χ2v) is 14.4. The fourth-order valence-electron chi connectivity index (χ4n) is 8.36. The Labute approximate surface area is 258 Å². The molecule has 4 heteroatoms. The molecule has 242 valence electrons. The van der Waals surface area contributed by atoms with Gasteiger partial charge in [0, 0.05) is 31.6 Å². The summed E-state index contributed by atoms with van der Waals surface area (Å²) < 4.78 is 0. The van der Waals surface area contributed by atoms with Crippen LogP contribution < -0.4 is 5.43 Å². The summed E-state index contributed by atoms with van der Waals surface area (Å²) in [5, 5.41) is 2.95. The van der Waals surface area contributed by atoms with Crippen LogP contribution in [0.15, 0.2) is 0 Å². The zero-order valence-corrected chi connectivity index (χ0v) is 28.8. The molecule has 1 atom stereocenters. The molecule has 3 saturated heterocycles. The van der Waals surface area contributed by atoms with Crippen LogP contribution in [-0.4, -0.2) is 52.4 Å². The van der Waals surface area contributed by atoms with Crippen LogP contribution in [0.2, 0.25) is 0 Å². The lowest BCUT2D eigenvalue weighted by Gasteiger charge is -2.54. The zero-order valence-electron chi connectivity index (χ0n) is 28.8. The van der Waals surface area contributed by atoms with Crippen molar-refractivity contribution in [3.63, 3.8) is 0 Å². The topological polar surface area (TPSA) is 31.0 Å². The van der Waals surface area contributed by atoms with Gasteiger partial charge in [-0.05, 0) is 32.1 Å². The molecule has 3 rings (SSSR count). The van der Waals surface area contributed by atoms with Crippen LogP contribution in [0.1, 0.15) is 195 Å². The van der Waals surface area contributed by atoms with Gasteiger partial charge in [-0.2, -0.15) is 5.01 Å². The molecular formula is C37H74N4. The molecule has 0 amide bonds. The largest absolute Gasteiger partial charge is 0.269 e. The molecule has 3 fully saturated rings. The molecule has 3 heterocycles. The lowest BCUT2D eigenvalue weighted by atomic mass is 9.68. The number of nitrogens with zero attached hydrogens (tertiary/aromatic N) is 3. The molecule has 3 aliphatic rings. The standard InChI is InChI=1S/C37H74N4/c1-6-11-15-19-23-27-35(10-5,28-24-20-16-12-7-2)37(39-31-32-39,40-33-34-40)41-36(38-41,29-25-21-17-13-8-3)30-26-22-18-14-9-4/h38H,6-34H2,1-5H3. The van der Waals surface area contributed by atoms with E-state index in [0.29, 0.717) is 5.41 Å². The van der Waals surface area contributed by atoms with Gasteiger partial charge in [-0.3, -0.25) is 9.80 Å². The van der Waals surface area contributed by atoms with E-state index in [1.807, 2.05) is 0 Å². The number of hydrazine groups is 1. The molecule has 41 heavy (non-hydrogen) atoms. The van der Waals surface area contributed by atoms with Crippen molar-refractivity contribution in [2.24, 2.45) is 5.41 Å². The molecule has 0 bridgehead atoms. The normalized spacial score (nSPS) is 20.6. The van der Waals surface area contributed by atoms with E-state index in [1.54, 1.807) is 0 Å². The van der Waals surface area contributed by atoms with Crippen LogP contribution in [-0.2, 0) is 0 Å². The molecule has 0 aromatic heterocycles. The lowest BCUT2D eigenvalue weighted by molar-refractivity contribution is -0.155. The first-order chi connectivity index (χ1) is 20.1. The Bertz CT molecular complexity index is 630. The summed E-state index contributed by atoms with van der Waals surface area (Å²) in [5.41, 5.74) is 4.85. The number of hydrogen-bond donors (Lipinski definition) is 1. The third-order valence-corrected chi connectivity index (χ3v) is 11.1. The van der Waals surface area contributed by atoms with Gasteiger partial charge in [0.25, 0.3) is 0 Å². The maximum atomic E-state index is 4.26. The molecule has 4 nitrogen and oxygen atoms in total. The van der Waals surface area contributed by atoms with Crippen LogP contribution >= 0.6 is 0 Å². The summed E-state index contributed by atoms with van der Waals surface area (Å²) in [6.07, 6.45) is 34.8. The van der Waals surface area contributed by atoms with Gasteiger partial charge in [-0.15, -0.1) is 0 Å². The number of hydrogen-bond acceptors (Lipinski definition) is 4. The van der Waals surface area contributed by atoms with E-state index in [0.717, 1.165) is 0 Å². The van der Waals surface area contributed by atoms with Crippen molar-refractivity contribution in [3.05, 3.63) is 0 Å². The van der Waals surface area contributed by atoms with Crippen LogP contribution in [0.5, 0.6) is 0 Å². The second kappa shape index (κ2) is 18.6. The zero-order chi connectivity index (χ0) is 29.4. The molecular weight excluding hydrogens is 500 g/mol. The quantitative estimate of drug-likeness (QED) is 0.0711. The Balaban J connectivity index is 1.85. The van der Waals surface area contributed by atoms with Crippen molar-refractivity contribution < 1.29 is 0 Å². The molecule has 0 spiro atoms. The third kappa shape index (κ3) is 9.66. The molecule has 0 aromatic carbocycles. The van der Waals surface area contributed by atoms with Crippen molar-refractivity contribution in [3.8, 4) is 0 Å². The Morgan fingerprint density at radius 3 is 1.20 bits per heavy atom. The molecule has 0 aromatic rings. The van der Waals surface area contributed by atoms with E-state index in [4.69, 9.17) is 0 Å². The lowest BCUT2D eigenvalue weighted by Crippen LogP contribution is -2.66. The van der Waals surface area contributed by atoms with Crippen molar-refractivity contribution >= 4 is 0 Å². The van der Waals surface area contributed by atoms with E-state index >= 15 is 0 Å². The Morgan fingerprint density at radius 1 is 0.488 bits per heavy atom. The van der Waals surface area contributed by atoms with Crippen molar-refractivity contribution in [2.45, 2.75) is 207 Å². The molecule has 3 aliphatic heterocycles. The number of unbranched alkanes of at least 4 members (excludes halogenated alkanes) is 16. The van der Waals surface area contributed by atoms with Gasteiger partial charge < -0.3 is 0 Å². The highest BCUT2D eigenvalue weighted by atomic mass is 15.9. The molecule has 1 unspecified atom stereocenters. The summed E-state index contributed by atoms with van der Waals surface area (Å²) in [6, 6.07) is 0. The van der Waals surface area contributed by atoms with Gasteiger partial charge in [0.15, 0.2) is 5.79 Å². The third-order valence-electron chi connectivity index (χ3n) is 11.1. The van der Waals surface area contributed by atoms with Gasteiger partial charge in [0.1, 0.15) is 5.66 Å². The van der Waals surface area contributed by atoms with E-state index in [2.05, 4.69) is 54.9 Å². The van der Waals surface area contributed by atoms with E-state index in [1.165, 1.54) is 187 Å². The smallest absolute Gasteiger partial charge is 0.151 e. The molecule has 1 N–H and O–H groups in total. The molecule has 0 radical (unpaired) electrons. The van der Waals surface area contributed by atoms with Gasteiger partial charge in [-0.1, -0.05) is 163 Å². The minimum atomic E-state index is 0.101. The first-order valence-corrected chi connectivity index (χ1v) is 19.2. The van der Waals surface area contributed by atoms with Crippen LogP contribution in [0.25, 0.3) is 0 Å². The van der Waals surface area contributed by atoms with Crippen molar-refractivity contribution in [1.29, 1.82) is 0 Å². The van der Waals surface area contributed by atoms with Crippen LogP contribution in [0.3, 0.4) is 0 Å². The number of rotatable bonds is 29.